The number of rotatable bonds is 12. The zero-order valence-electron chi connectivity index (χ0n) is 12.3. The molecule has 0 spiro atoms. The van der Waals surface area contributed by atoms with Gasteiger partial charge in [0.1, 0.15) is 0 Å². The van der Waals surface area contributed by atoms with E-state index in [1.165, 1.54) is 51.4 Å². The molecule has 1 aliphatic rings. The standard InChI is InChI=1S/C15H32N2O/c1-3-5-6-7-8-9-10-14(17-16)15(18-4-2)13-11-12-13/h13-15,17H,3-12,16H2,1-2H3. The van der Waals surface area contributed by atoms with Crippen LogP contribution in [0.5, 0.6) is 0 Å². The van der Waals surface area contributed by atoms with Crippen molar-refractivity contribution in [3.63, 3.8) is 0 Å². The second kappa shape index (κ2) is 9.76. The minimum atomic E-state index is 0.343. The average Bonchev–Trinajstić information content (AvgIpc) is 3.20. The van der Waals surface area contributed by atoms with Crippen LogP contribution in [-0.4, -0.2) is 18.8 Å². The first-order chi connectivity index (χ1) is 8.83. The van der Waals surface area contributed by atoms with Crippen LogP contribution in [0.2, 0.25) is 0 Å². The molecule has 0 amide bonds. The van der Waals surface area contributed by atoms with Gasteiger partial charge in [-0.15, -0.1) is 0 Å². The highest BCUT2D eigenvalue weighted by Crippen LogP contribution is 2.36. The van der Waals surface area contributed by atoms with Crippen molar-refractivity contribution in [3.8, 4) is 0 Å². The van der Waals surface area contributed by atoms with E-state index in [9.17, 15) is 0 Å². The first-order valence-corrected chi connectivity index (χ1v) is 7.91. The van der Waals surface area contributed by atoms with Gasteiger partial charge >= 0.3 is 0 Å². The van der Waals surface area contributed by atoms with E-state index in [1.54, 1.807) is 0 Å². The minimum absolute atomic E-state index is 0.343. The van der Waals surface area contributed by atoms with Crippen LogP contribution in [0.4, 0.5) is 0 Å². The molecule has 1 aliphatic carbocycles. The summed E-state index contributed by atoms with van der Waals surface area (Å²) in [4.78, 5) is 0. The second-order valence-electron chi connectivity index (χ2n) is 5.59. The lowest BCUT2D eigenvalue weighted by atomic mass is 9.99. The van der Waals surface area contributed by atoms with Crippen molar-refractivity contribution in [1.82, 2.24) is 5.43 Å². The zero-order valence-corrected chi connectivity index (χ0v) is 12.3. The Kier molecular flexibility index (Phi) is 8.64. The van der Waals surface area contributed by atoms with Gasteiger partial charge < -0.3 is 4.74 Å². The molecule has 0 radical (unpaired) electrons. The molecular formula is C15H32N2O. The maximum absolute atomic E-state index is 5.87. The van der Waals surface area contributed by atoms with Crippen molar-refractivity contribution in [3.05, 3.63) is 0 Å². The topological polar surface area (TPSA) is 47.3 Å². The molecule has 0 aromatic heterocycles. The highest BCUT2D eigenvalue weighted by Gasteiger charge is 2.36. The number of hydrogen-bond acceptors (Lipinski definition) is 3. The molecule has 2 atom stereocenters. The Bertz CT molecular complexity index is 195. The lowest BCUT2D eigenvalue weighted by molar-refractivity contribution is 0.0163. The van der Waals surface area contributed by atoms with Crippen molar-refractivity contribution in [2.45, 2.75) is 83.8 Å². The van der Waals surface area contributed by atoms with E-state index in [-0.39, 0.29) is 0 Å². The summed E-state index contributed by atoms with van der Waals surface area (Å²) in [5, 5.41) is 0. The monoisotopic (exact) mass is 256 g/mol. The lowest BCUT2D eigenvalue weighted by Gasteiger charge is -2.26. The first-order valence-electron chi connectivity index (χ1n) is 7.91. The fraction of sp³-hybridized carbons (Fsp3) is 1.00. The quantitative estimate of drug-likeness (QED) is 0.320. The number of unbranched alkanes of at least 4 members (excludes halogenated alkanes) is 5. The van der Waals surface area contributed by atoms with Crippen LogP contribution >= 0.6 is 0 Å². The fourth-order valence-corrected chi connectivity index (χ4v) is 2.68. The summed E-state index contributed by atoms with van der Waals surface area (Å²) < 4.78 is 5.87. The summed E-state index contributed by atoms with van der Waals surface area (Å²) in [6.45, 7) is 5.14. The third kappa shape index (κ3) is 6.17. The van der Waals surface area contributed by atoms with Crippen molar-refractivity contribution in [1.29, 1.82) is 0 Å². The molecule has 3 heteroatoms. The average molecular weight is 256 g/mol. The van der Waals surface area contributed by atoms with Crippen molar-refractivity contribution >= 4 is 0 Å². The van der Waals surface area contributed by atoms with Gasteiger partial charge in [-0.2, -0.15) is 0 Å². The van der Waals surface area contributed by atoms with E-state index in [0.717, 1.165) is 18.9 Å². The molecule has 1 rings (SSSR count). The van der Waals surface area contributed by atoms with Gasteiger partial charge in [-0.1, -0.05) is 45.4 Å². The summed E-state index contributed by atoms with van der Waals surface area (Å²) >= 11 is 0. The van der Waals surface area contributed by atoms with Crippen LogP contribution in [0.3, 0.4) is 0 Å². The molecular weight excluding hydrogens is 224 g/mol. The van der Waals surface area contributed by atoms with Gasteiger partial charge in [0.2, 0.25) is 0 Å². The summed E-state index contributed by atoms with van der Waals surface area (Å²) in [7, 11) is 0. The van der Waals surface area contributed by atoms with Crippen LogP contribution in [-0.2, 0) is 4.74 Å². The SMILES string of the molecule is CCCCCCCCC(NN)C(OCC)C1CC1. The van der Waals surface area contributed by atoms with Crippen LogP contribution in [0.15, 0.2) is 0 Å². The Morgan fingerprint density at radius 1 is 1.11 bits per heavy atom. The second-order valence-corrected chi connectivity index (χ2v) is 5.59. The molecule has 3 nitrogen and oxygen atoms in total. The molecule has 0 saturated heterocycles. The Hall–Kier alpha value is -0.120. The van der Waals surface area contributed by atoms with Gasteiger partial charge in [-0.25, -0.2) is 0 Å². The van der Waals surface area contributed by atoms with Crippen LogP contribution in [0, 0.1) is 5.92 Å². The maximum Gasteiger partial charge on any atom is 0.0769 e. The van der Waals surface area contributed by atoms with Gasteiger partial charge in [0, 0.05) is 12.6 Å². The van der Waals surface area contributed by atoms with Crippen LogP contribution in [0.1, 0.15) is 71.6 Å². The Balaban J connectivity index is 2.14. The van der Waals surface area contributed by atoms with E-state index in [0.29, 0.717) is 12.1 Å². The highest BCUT2D eigenvalue weighted by atomic mass is 16.5. The van der Waals surface area contributed by atoms with E-state index in [1.807, 2.05) is 0 Å². The van der Waals surface area contributed by atoms with E-state index >= 15 is 0 Å². The maximum atomic E-state index is 5.87. The highest BCUT2D eigenvalue weighted by molar-refractivity contribution is 4.89. The molecule has 0 heterocycles. The Labute approximate surface area is 113 Å². The van der Waals surface area contributed by atoms with Crippen molar-refractivity contribution < 1.29 is 4.74 Å². The minimum Gasteiger partial charge on any atom is -0.377 e. The molecule has 3 N–H and O–H groups in total. The molecule has 0 aromatic rings. The molecule has 1 saturated carbocycles. The molecule has 0 bridgehead atoms. The van der Waals surface area contributed by atoms with Crippen molar-refractivity contribution in [2.24, 2.45) is 11.8 Å². The molecule has 1 fully saturated rings. The number of hydrogen-bond donors (Lipinski definition) is 2. The number of nitrogens with two attached hydrogens (primary N) is 1. The van der Waals surface area contributed by atoms with Gasteiger partial charge in [-0.3, -0.25) is 11.3 Å². The van der Waals surface area contributed by atoms with Gasteiger partial charge in [0.05, 0.1) is 6.10 Å². The van der Waals surface area contributed by atoms with Gasteiger partial charge in [0.25, 0.3) is 0 Å². The fourth-order valence-electron chi connectivity index (χ4n) is 2.68. The zero-order chi connectivity index (χ0) is 13.2. The van der Waals surface area contributed by atoms with Gasteiger partial charge in [0.15, 0.2) is 0 Å². The van der Waals surface area contributed by atoms with E-state index in [4.69, 9.17) is 10.6 Å². The summed E-state index contributed by atoms with van der Waals surface area (Å²) in [5.74, 6) is 6.46. The summed E-state index contributed by atoms with van der Waals surface area (Å²) in [5.41, 5.74) is 2.99. The Morgan fingerprint density at radius 3 is 2.33 bits per heavy atom. The Morgan fingerprint density at radius 2 is 1.78 bits per heavy atom. The third-order valence-electron chi connectivity index (χ3n) is 3.93. The summed E-state index contributed by atoms with van der Waals surface area (Å²) in [6, 6.07) is 0.351. The number of nitrogens with one attached hydrogen (secondary N) is 1. The normalized spacial score (nSPS) is 18.8. The number of hydrazine groups is 1. The smallest absolute Gasteiger partial charge is 0.0769 e. The van der Waals surface area contributed by atoms with Gasteiger partial charge in [-0.05, 0) is 32.1 Å². The predicted octanol–water partition coefficient (Wildman–Crippen LogP) is 3.38. The number of ether oxygens (including phenoxy) is 1. The largest absolute Gasteiger partial charge is 0.377 e. The van der Waals surface area contributed by atoms with E-state index in [2.05, 4.69) is 19.3 Å². The molecule has 0 aromatic carbocycles. The lowest BCUT2D eigenvalue weighted by Crippen LogP contribution is -2.46. The summed E-state index contributed by atoms with van der Waals surface area (Å²) in [6.07, 6.45) is 12.2. The molecule has 18 heavy (non-hydrogen) atoms. The van der Waals surface area contributed by atoms with Crippen LogP contribution in [0.25, 0.3) is 0 Å². The molecule has 2 unspecified atom stereocenters. The van der Waals surface area contributed by atoms with Crippen LogP contribution < -0.4 is 11.3 Å². The predicted molar refractivity (Wildman–Crippen MR) is 77.2 cm³/mol. The first kappa shape index (κ1) is 15.9. The van der Waals surface area contributed by atoms with E-state index < -0.39 is 0 Å². The van der Waals surface area contributed by atoms with Crippen molar-refractivity contribution in [2.75, 3.05) is 6.61 Å². The third-order valence-corrected chi connectivity index (χ3v) is 3.93. The molecule has 0 aliphatic heterocycles. The molecule has 108 valence electrons.